The monoisotopic (exact) mass is 614 g/mol. The number of carboxylic acid groups (broad SMARTS) is 1. The van der Waals surface area contributed by atoms with Gasteiger partial charge in [0, 0.05) is 75.1 Å². The van der Waals surface area contributed by atoms with Crippen molar-refractivity contribution in [1.82, 2.24) is 10.3 Å². The number of nitrogens with two attached hydrogens (primary N) is 1. The van der Waals surface area contributed by atoms with Gasteiger partial charge in [-0.2, -0.15) is 0 Å². The van der Waals surface area contributed by atoms with Crippen LogP contribution in [0.1, 0.15) is 34.8 Å². The van der Waals surface area contributed by atoms with E-state index < -0.39 is 11.5 Å². The Morgan fingerprint density at radius 1 is 1.26 bits per heavy atom. The fourth-order valence-electron chi connectivity index (χ4n) is 4.14. The van der Waals surface area contributed by atoms with E-state index in [1.807, 2.05) is 19.1 Å². The Hall–Kier alpha value is -2.41. The number of aromatic nitrogens is 1. The van der Waals surface area contributed by atoms with Gasteiger partial charge in [-0.3, -0.25) is 4.79 Å². The molecule has 0 aliphatic carbocycles. The number of nitrogens with one attached hydrogen (secondary N) is 2. The van der Waals surface area contributed by atoms with E-state index in [4.69, 9.17) is 25.1 Å². The zero-order valence-electron chi connectivity index (χ0n) is 21.0. The number of amides is 1. The van der Waals surface area contributed by atoms with Gasteiger partial charge in [-0.1, -0.05) is 5.56 Å². The molecule has 38 heavy (non-hydrogen) atoms. The molecule has 1 aliphatic rings. The summed E-state index contributed by atoms with van der Waals surface area (Å²) in [4.78, 5) is 28.1. The SMILES string of the molecule is C[C@]1(CC(=O)Nc2nccs2)NCCc2cc(OCCOCCN)c(Oc3c[c-]c(C(=O)O)cc3)cc21.[Y]. The van der Waals surface area contributed by atoms with Crippen LogP contribution in [0.2, 0.25) is 0 Å². The second-order valence-electron chi connectivity index (χ2n) is 8.62. The molecule has 1 aliphatic heterocycles. The van der Waals surface area contributed by atoms with Gasteiger partial charge in [0.1, 0.15) is 6.61 Å². The summed E-state index contributed by atoms with van der Waals surface area (Å²) >= 11 is 1.36. The largest absolute Gasteiger partial charge is 0.521 e. The minimum atomic E-state index is -1.07. The molecule has 2 heterocycles. The van der Waals surface area contributed by atoms with Crippen LogP contribution in [-0.2, 0) is 54.2 Å². The average Bonchev–Trinajstić information content (AvgIpc) is 3.37. The van der Waals surface area contributed by atoms with Crippen molar-refractivity contribution in [3.05, 3.63) is 64.7 Å². The van der Waals surface area contributed by atoms with Crippen LogP contribution in [0.15, 0.2) is 41.9 Å². The van der Waals surface area contributed by atoms with E-state index in [9.17, 15) is 9.59 Å². The molecule has 1 radical (unpaired) electrons. The molecule has 12 heteroatoms. The maximum absolute atomic E-state index is 12.8. The second-order valence-corrected chi connectivity index (χ2v) is 9.52. The summed E-state index contributed by atoms with van der Waals surface area (Å²) in [7, 11) is 0. The van der Waals surface area contributed by atoms with Gasteiger partial charge in [-0.15, -0.1) is 35.6 Å². The molecule has 0 saturated heterocycles. The third-order valence-electron chi connectivity index (χ3n) is 5.86. The molecule has 0 bridgehead atoms. The van der Waals surface area contributed by atoms with Crippen molar-refractivity contribution in [2.45, 2.75) is 25.3 Å². The van der Waals surface area contributed by atoms with Crippen LogP contribution in [0, 0.1) is 6.07 Å². The first-order valence-corrected chi connectivity index (χ1v) is 12.7. The first kappa shape index (κ1) is 30.1. The third-order valence-corrected chi connectivity index (χ3v) is 6.54. The predicted octanol–water partition coefficient (Wildman–Crippen LogP) is 3.18. The Kier molecular flexibility index (Phi) is 11.2. The Bertz CT molecular complexity index is 1230. The number of carboxylic acids is 1. The number of anilines is 1. The molecule has 3 aromatic rings. The van der Waals surface area contributed by atoms with E-state index in [0.717, 1.165) is 17.5 Å². The Balaban J connectivity index is 0.00000400. The van der Waals surface area contributed by atoms with Gasteiger partial charge in [-0.25, -0.2) is 4.98 Å². The first-order chi connectivity index (χ1) is 17.9. The van der Waals surface area contributed by atoms with Gasteiger partial charge in [-0.05, 0) is 36.6 Å². The standard InChI is InChI=1S/C26H29N4O6S.Y/c1-26(16-23(31)30-25-28-9-13-37-25)20-15-22(36-19-4-2-17(3-5-19)24(32)33)21(14-18(20)6-8-29-26)35-12-11-34-10-7-27;/h2,4-5,9,13-15,29H,6-8,10-12,16,27H2,1H3,(H,32,33)(H,28,30,31);/q-1;/t26-;/m1./s1. The van der Waals surface area contributed by atoms with Crippen LogP contribution in [0.5, 0.6) is 17.2 Å². The van der Waals surface area contributed by atoms with E-state index in [2.05, 4.69) is 21.7 Å². The minimum absolute atomic E-state index is 0. The molecule has 5 N–H and O–H groups in total. The average molecular weight is 615 g/mol. The molecular formula is C26H29N4O6SY-. The summed E-state index contributed by atoms with van der Waals surface area (Å²) < 4.78 is 17.5. The van der Waals surface area contributed by atoms with Crippen molar-refractivity contribution in [2.75, 3.05) is 38.2 Å². The molecule has 10 nitrogen and oxygen atoms in total. The number of hydrogen-bond donors (Lipinski definition) is 4. The number of benzene rings is 2. The van der Waals surface area contributed by atoms with E-state index >= 15 is 0 Å². The number of hydrogen-bond acceptors (Lipinski definition) is 9. The van der Waals surface area contributed by atoms with Crippen molar-refractivity contribution < 1.29 is 61.6 Å². The fraction of sp³-hybridized carbons (Fsp3) is 0.346. The zero-order valence-corrected chi connectivity index (χ0v) is 24.6. The Morgan fingerprint density at radius 2 is 2.11 bits per heavy atom. The van der Waals surface area contributed by atoms with Crippen LogP contribution in [0.25, 0.3) is 0 Å². The van der Waals surface area contributed by atoms with Crippen molar-refractivity contribution in [2.24, 2.45) is 5.73 Å². The number of aromatic carboxylic acids is 1. The fourth-order valence-corrected chi connectivity index (χ4v) is 4.69. The molecule has 4 rings (SSSR count). The van der Waals surface area contributed by atoms with Crippen LogP contribution in [0.3, 0.4) is 0 Å². The molecule has 0 fully saturated rings. The summed E-state index contributed by atoms with van der Waals surface area (Å²) in [6.45, 7) is 4.20. The van der Waals surface area contributed by atoms with Crippen molar-refractivity contribution >= 4 is 28.3 Å². The number of nitrogens with zero attached hydrogens (tertiary/aromatic N) is 1. The Labute approximate surface area is 250 Å². The van der Waals surface area contributed by atoms with Crippen molar-refractivity contribution in [3.8, 4) is 17.2 Å². The summed E-state index contributed by atoms with van der Waals surface area (Å²) in [5.74, 6) is 0.135. The van der Waals surface area contributed by atoms with Crippen LogP contribution in [-0.4, -0.2) is 54.9 Å². The summed E-state index contributed by atoms with van der Waals surface area (Å²) in [5, 5.41) is 17.8. The normalized spacial score (nSPS) is 16.2. The summed E-state index contributed by atoms with van der Waals surface area (Å²) in [5.41, 5.74) is 6.81. The molecule has 2 aromatic carbocycles. The van der Waals surface area contributed by atoms with E-state index in [1.165, 1.54) is 23.5 Å². The topological polar surface area (TPSA) is 145 Å². The summed E-state index contributed by atoms with van der Waals surface area (Å²) in [6.07, 6.45) is 2.58. The maximum Gasteiger partial charge on any atom is 0.247 e. The molecule has 1 atom stereocenters. The molecule has 0 saturated carbocycles. The van der Waals surface area contributed by atoms with Crippen LogP contribution in [0.4, 0.5) is 5.13 Å². The molecule has 199 valence electrons. The van der Waals surface area contributed by atoms with Crippen molar-refractivity contribution in [3.63, 3.8) is 0 Å². The zero-order chi connectivity index (χ0) is 26.3. The van der Waals surface area contributed by atoms with E-state index in [-0.39, 0.29) is 50.6 Å². The number of rotatable bonds is 12. The number of carbonyl (C=O) groups is 2. The maximum atomic E-state index is 12.8. The van der Waals surface area contributed by atoms with Crippen LogP contribution < -0.4 is 25.8 Å². The first-order valence-electron chi connectivity index (χ1n) is 11.8. The predicted molar refractivity (Wildman–Crippen MR) is 139 cm³/mol. The third kappa shape index (κ3) is 7.81. The number of ether oxygens (including phenoxy) is 3. The Morgan fingerprint density at radius 3 is 2.79 bits per heavy atom. The van der Waals surface area contributed by atoms with Gasteiger partial charge >= 0.3 is 0 Å². The van der Waals surface area contributed by atoms with Gasteiger partial charge in [0.15, 0.2) is 16.6 Å². The van der Waals surface area contributed by atoms with Crippen LogP contribution >= 0.6 is 11.3 Å². The van der Waals surface area contributed by atoms with E-state index in [1.54, 1.807) is 17.6 Å². The van der Waals surface area contributed by atoms with Gasteiger partial charge in [0.2, 0.25) is 11.9 Å². The van der Waals surface area contributed by atoms with Gasteiger partial charge in [0.05, 0.1) is 13.2 Å². The number of fused-ring (bicyclic) bond motifs is 1. The molecule has 1 aromatic heterocycles. The quantitative estimate of drug-likeness (QED) is 0.179. The minimum Gasteiger partial charge on any atom is -0.521 e. The van der Waals surface area contributed by atoms with Gasteiger partial charge in [0.25, 0.3) is 0 Å². The molecular weight excluding hydrogens is 585 g/mol. The smallest absolute Gasteiger partial charge is 0.247 e. The second kappa shape index (κ2) is 14.1. The molecule has 0 spiro atoms. The van der Waals surface area contributed by atoms with E-state index in [0.29, 0.717) is 55.3 Å². The van der Waals surface area contributed by atoms with Gasteiger partial charge < -0.3 is 40.5 Å². The summed E-state index contributed by atoms with van der Waals surface area (Å²) in [6, 6.07) is 11.0. The molecule has 0 unspecified atom stereocenters. The number of carbonyl (C=O) groups excluding carboxylic acids is 1. The van der Waals surface area contributed by atoms with Crippen molar-refractivity contribution in [1.29, 1.82) is 0 Å². The number of thiazole rings is 1. The molecule has 1 amide bonds.